The van der Waals surface area contributed by atoms with Crippen molar-refractivity contribution in [3.63, 3.8) is 0 Å². The van der Waals surface area contributed by atoms with Gasteiger partial charge in [0.2, 0.25) is 0 Å². The van der Waals surface area contributed by atoms with Crippen molar-refractivity contribution in [1.82, 2.24) is 4.90 Å². The van der Waals surface area contributed by atoms with Gasteiger partial charge in [-0.15, -0.1) is 0 Å². The summed E-state index contributed by atoms with van der Waals surface area (Å²) in [6.45, 7) is 5.51. The number of carboxylic acids is 1. The number of hydrogen-bond donors (Lipinski definition) is 1. The molecule has 1 aliphatic heterocycles. The summed E-state index contributed by atoms with van der Waals surface area (Å²) in [4.78, 5) is 13.3. The van der Waals surface area contributed by atoms with E-state index in [2.05, 4.69) is 4.90 Å². The molecule has 0 aromatic heterocycles. The van der Waals surface area contributed by atoms with Gasteiger partial charge in [0, 0.05) is 13.1 Å². The van der Waals surface area contributed by atoms with Crippen molar-refractivity contribution in [2.24, 2.45) is 5.92 Å². The Morgan fingerprint density at radius 3 is 2.27 bits per heavy atom. The summed E-state index contributed by atoms with van der Waals surface area (Å²) in [6, 6.07) is -0.279. The lowest BCUT2D eigenvalue weighted by molar-refractivity contribution is -0.150. The van der Waals surface area contributed by atoms with E-state index < -0.39 is 5.97 Å². The third-order valence-corrected chi connectivity index (χ3v) is 3.16. The third-order valence-electron chi connectivity index (χ3n) is 3.16. The minimum Gasteiger partial charge on any atom is -0.480 e. The highest BCUT2D eigenvalue weighted by molar-refractivity contribution is 5.74. The van der Waals surface area contributed by atoms with Crippen LogP contribution in [-0.2, 0) is 9.53 Å². The molecule has 4 heteroatoms. The summed E-state index contributed by atoms with van der Waals surface area (Å²) in [5, 5.41) is 9.23. The van der Waals surface area contributed by atoms with Crippen LogP contribution in [0.5, 0.6) is 0 Å². The first-order valence-electron chi connectivity index (χ1n) is 5.70. The predicted molar refractivity (Wildman–Crippen MR) is 55.7 cm³/mol. The van der Waals surface area contributed by atoms with Crippen molar-refractivity contribution >= 4 is 5.97 Å². The van der Waals surface area contributed by atoms with Gasteiger partial charge in [-0.2, -0.15) is 0 Å². The van der Waals surface area contributed by atoms with Crippen LogP contribution in [0.2, 0.25) is 0 Å². The first kappa shape index (κ1) is 10.9. The second-order valence-electron chi connectivity index (χ2n) is 4.83. The monoisotopic (exact) mass is 213 g/mol. The van der Waals surface area contributed by atoms with Crippen molar-refractivity contribution in [3.05, 3.63) is 0 Å². The van der Waals surface area contributed by atoms with Crippen molar-refractivity contribution in [2.75, 3.05) is 13.1 Å². The molecule has 15 heavy (non-hydrogen) atoms. The second-order valence-corrected chi connectivity index (χ2v) is 4.83. The van der Waals surface area contributed by atoms with E-state index in [1.54, 1.807) is 0 Å². The highest BCUT2D eigenvalue weighted by Gasteiger charge is 2.42. The van der Waals surface area contributed by atoms with E-state index >= 15 is 0 Å². The molecule has 2 fully saturated rings. The van der Waals surface area contributed by atoms with Gasteiger partial charge in [-0.1, -0.05) is 0 Å². The zero-order valence-electron chi connectivity index (χ0n) is 9.35. The van der Waals surface area contributed by atoms with Crippen LogP contribution in [0.3, 0.4) is 0 Å². The number of ether oxygens (including phenoxy) is 1. The van der Waals surface area contributed by atoms with Gasteiger partial charge in [-0.05, 0) is 32.6 Å². The fourth-order valence-electron chi connectivity index (χ4n) is 2.51. The SMILES string of the molecule is C[C@@H]1CN(C(C(=O)O)C2CC2)C[C@H](C)O1. The molecule has 0 aromatic rings. The van der Waals surface area contributed by atoms with Crippen LogP contribution in [0.4, 0.5) is 0 Å². The number of aliphatic carboxylic acids is 1. The molecule has 1 N–H and O–H groups in total. The standard InChI is InChI=1S/C11H19NO3/c1-7-5-12(6-8(2)15-7)10(11(13)14)9-3-4-9/h7-10H,3-6H2,1-2H3,(H,13,14)/t7-,8+,10?. The Morgan fingerprint density at radius 1 is 1.33 bits per heavy atom. The van der Waals surface area contributed by atoms with E-state index in [1.807, 2.05) is 13.8 Å². The molecule has 0 amide bonds. The number of nitrogens with zero attached hydrogens (tertiary/aromatic N) is 1. The Labute approximate surface area is 90.2 Å². The number of carbonyl (C=O) groups is 1. The van der Waals surface area contributed by atoms with Gasteiger partial charge >= 0.3 is 5.97 Å². The Morgan fingerprint density at radius 2 is 1.87 bits per heavy atom. The van der Waals surface area contributed by atoms with Gasteiger partial charge in [-0.25, -0.2) is 0 Å². The van der Waals surface area contributed by atoms with Gasteiger partial charge in [0.25, 0.3) is 0 Å². The third kappa shape index (κ3) is 2.49. The molecule has 0 radical (unpaired) electrons. The van der Waals surface area contributed by atoms with E-state index in [-0.39, 0.29) is 18.2 Å². The highest BCUT2D eigenvalue weighted by Crippen LogP contribution is 2.36. The van der Waals surface area contributed by atoms with Crippen LogP contribution in [0.15, 0.2) is 0 Å². The van der Waals surface area contributed by atoms with Gasteiger partial charge in [0.1, 0.15) is 6.04 Å². The molecule has 1 saturated heterocycles. The molecule has 1 aliphatic carbocycles. The molecule has 0 bridgehead atoms. The van der Waals surface area contributed by atoms with Crippen LogP contribution in [0, 0.1) is 5.92 Å². The van der Waals surface area contributed by atoms with Crippen LogP contribution >= 0.6 is 0 Å². The quantitative estimate of drug-likeness (QED) is 0.758. The Hall–Kier alpha value is -0.610. The molecule has 2 rings (SSSR count). The number of rotatable bonds is 3. The summed E-state index contributed by atoms with van der Waals surface area (Å²) < 4.78 is 5.61. The molecule has 0 spiro atoms. The van der Waals surface area contributed by atoms with Crippen molar-refractivity contribution in [1.29, 1.82) is 0 Å². The normalized spacial score (nSPS) is 35.1. The maximum absolute atomic E-state index is 11.2. The molecule has 3 atom stereocenters. The average molecular weight is 213 g/mol. The van der Waals surface area contributed by atoms with Crippen molar-refractivity contribution in [3.8, 4) is 0 Å². The minimum atomic E-state index is -0.668. The molecule has 86 valence electrons. The zero-order valence-corrected chi connectivity index (χ0v) is 9.35. The van der Waals surface area contributed by atoms with Crippen LogP contribution < -0.4 is 0 Å². The summed E-state index contributed by atoms with van der Waals surface area (Å²) in [6.07, 6.45) is 2.43. The largest absolute Gasteiger partial charge is 0.480 e. The Bertz CT molecular complexity index is 242. The van der Waals surface area contributed by atoms with Gasteiger partial charge in [0.05, 0.1) is 12.2 Å². The fourth-order valence-corrected chi connectivity index (χ4v) is 2.51. The summed E-state index contributed by atoms with van der Waals surface area (Å²) >= 11 is 0. The molecular formula is C11H19NO3. The fraction of sp³-hybridized carbons (Fsp3) is 0.909. The zero-order chi connectivity index (χ0) is 11.0. The first-order valence-corrected chi connectivity index (χ1v) is 5.70. The maximum Gasteiger partial charge on any atom is 0.321 e. The van der Waals surface area contributed by atoms with Crippen molar-refractivity contribution in [2.45, 2.75) is 44.9 Å². The topological polar surface area (TPSA) is 49.8 Å². The number of hydrogen-bond acceptors (Lipinski definition) is 3. The summed E-state index contributed by atoms with van der Waals surface area (Å²) in [5.41, 5.74) is 0. The molecule has 0 aromatic carbocycles. The lowest BCUT2D eigenvalue weighted by Gasteiger charge is -2.38. The van der Waals surface area contributed by atoms with Crippen LogP contribution in [-0.4, -0.2) is 47.3 Å². The van der Waals surface area contributed by atoms with Crippen molar-refractivity contribution < 1.29 is 14.6 Å². The van der Waals surface area contributed by atoms with E-state index in [9.17, 15) is 9.90 Å². The minimum absolute atomic E-state index is 0.148. The van der Waals surface area contributed by atoms with E-state index in [0.29, 0.717) is 5.92 Å². The lowest BCUT2D eigenvalue weighted by Crippen LogP contribution is -2.53. The smallest absolute Gasteiger partial charge is 0.321 e. The lowest BCUT2D eigenvalue weighted by atomic mass is 10.1. The average Bonchev–Trinajstić information content (AvgIpc) is 2.85. The molecule has 2 aliphatic rings. The predicted octanol–water partition coefficient (Wildman–Crippen LogP) is 0.959. The second kappa shape index (κ2) is 4.10. The summed E-state index contributed by atoms with van der Waals surface area (Å²) in [7, 11) is 0. The van der Waals surface area contributed by atoms with E-state index in [0.717, 1.165) is 25.9 Å². The Kier molecular flexibility index (Phi) is 2.98. The molecule has 4 nitrogen and oxygen atoms in total. The molecule has 1 heterocycles. The number of morpholine rings is 1. The van der Waals surface area contributed by atoms with E-state index in [1.165, 1.54) is 0 Å². The molecule has 1 saturated carbocycles. The maximum atomic E-state index is 11.2. The van der Waals surface area contributed by atoms with Gasteiger partial charge in [0.15, 0.2) is 0 Å². The Balaban J connectivity index is 2.02. The van der Waals surface area contributed by atoms with E-state index in [4.69, 9.17) is 4.74 Å². The first-order chi connectivity index (χ1) is 7.08. The van der Waals surface area contributed by atoms with Gasteiger partial charge in [-0.3, -0.25) is 9.69 Å². The molecule has 1 unspecified atom stereocenters. The van der Waals surface area contributed by atoms with Gasteiger partial charge < -0.3 is 9.84 Å². The van der Waals surface area contributed by atoms with Crippen LogP contribution in [0.25, 0.3) is 0 Å². The van der Waals surface area contributed by atoms with Crippen LogP contribution in [0.1, 0.15) is 26.7 Å². The molecular weight excluding hydrogens is 194 g/mol. The summed E-state index contributed by atoms with van der Waals surface area (Å²) in [5.74, 6) is -0.293. The number of carboxylic acid groups (broad SMARTS) is 1. The highest BCUT2D eigenvalue weighted by atomic mass is 16.5.